The molecule has 1 aromatic rings. The van der Waals surface area contributed by atoms with Crippen LogP contribution < -0.4 is 5.32 Å². The van der Waals surface area contributed by atoms with Gasteiger partial charge in [0.25, 0.3) is 5.91 Å². The first-order valence-corrected chi connectivity index (χ1v) is 4.88. The molecule has 1 amide bonds. The lowest BCUT2D eigenvalue weighted by atomic mass is 10.1. The number of hydrogen-bond donors (Lipinski definition) is 2. The lowest BCUT2D eigenvalue weighted by Crippen LogP contribution is -2.49. The molecule has 1 heterocycles. The first-order chi connectivity index (χ1) is 7.38. The number of hydrogen-bond acceptors (Lipinski definition) is 4. The third-order valence-corrected chi connectivity index (χ3v) is 2.17. The molecule has 0 spiro atoms. The van der Waals surface area contributed by atoms with Gasteiger partial charge in [-0.1, -0.05) is 12.1 Å². The van der Waals surface area contributed by atoms with Crippen LogP contribution in [-0.4, -0.2) is 27.7 Å². The van der Waals surface area contributed by atoms with Crippen molar-refractivity contribution in [1.82, 2.24) is 10.5 Å². The summed E-state index contributed by atoms with van der Waals surface area (Å²) in [6, 6.07) is 0. The summed E-state index contributed by atoms with van der Waals surface area (Å²) in [5.74, 6) is -1.15. The molecule has 6 heteroatoms. The summed E-state index contributed by atoms with van der Waals surface area (Å²) in [4.78, 5) is 22.6. The van der Waals surface area contributed by atoms with Gasteiger partial charge in [0.15, 0.2) is 0 Å². The second-order valence-electron chi connectivity index (χ2n) is 3.90. The summed E-state index contributed by atoms with van der Waals surface area (Å²) >= 11 is 0. The molecule has 0 aliphatic heterocycles. The average molecular weight is 226 g/mol. The van der Waals surface area contributed by atoms with Crippen molar-refractivity contribution >= 4 is 11.9 Å². The standard InChI is InChI=1S/C10H14N2O4/c1-4-7-6(5-11-16-7)8(13)12-10(2,3)9(14)15/h5H,4H2,1-3H3,(H,12,13)(H,14,15). The number of aliphatic carboxylic acids is 1. The van der Waals surface area contributed by atoms with Gasteiger partial charge in [-0.3, -0.25) is 4.79 Å². The van der Waals surface area contributed by atoms with Crippen LogP contribution in [0.15, 0.2) is 10.7 Å². The number of carboxylic acids is 1. The molecule has 0 atom stereocenters. The Bertz CT molecular complexity index is 409. The zero-order valence-electron chi connectivity index (χ0n) is 9.40. The van der Waals surface area contributed by atoms with Crippen molar-refractivity contribution in [3.05, 3.63) is 17.5 Å². The van der Waals surface area contributed by atoms with Gasteiger partial charge in [0, 0.05) is 6.42 Å². The van der Waals surface area contributed by atoms with Gasteiger partial charge in [-0.05, 0) is 13.8 Å². The summed E-state index contributed by atoms with van der Waals surface area (Å²) in [6.45, 7) is 4.64. The van der Waals surface area contributed by atoms with E-state index in [1.165, 1.54) is 20.0 Å². The minimum absolute atomic E-state index is 0.275. The highest BCUT2D eigenvalue weighted by molar-refractivity contribution is 5.98. The number of rotatable bonds is 4. The van der Waals surface area contributed by atoms with Crippen LogP contribution in [0.2, 0.25) is 0 Å². The van der Waals surface area contributed by atoms with E-state index < -0.39 is 17.4 Å². The van der Waals surface area contributed by atoms with Crippen LogP contribution in [0.3, 0.4) is 0 Å². The molecule has 0 unspecified atom stereocenters. The second-order valence-corrected chi connectivity index (χ2v) is 3.90. The molecule has 0 saturated heterocycles. The predicted octanol–water partition coefficient (Wildman–Crippen LogP) is 0.830. The quantitative estimate of drug-likeness (QED) is 0.793. The van der Waals surface area contributed by atoms with E-state index in [9.17, 15) is 9.59 Å². The third kappa shape index (κ3) is 2.39. The summed E-state index contributed by atoms with van der Waals surface area (Å²) < 4.78 is 4.85. The maximum atomic E-state index is 11.7. The van der Waals surface area contributed by atoms with Crippen molar-refractivity contribution in [1.29, 1.82) is 0 Å². The van der Waals surface area contributed by atoms with Gasteiger partial charge in [-0.2, -0.15) is 0 Å². The van der Waals surface area contributed by atoms with Crippen LogP contribution in [0.1, 0.15) is 36.9 Å². The largest absolute Gasteiger partial charge is 0.480 e. The Kier molecular flexibility index (Phi) is 3.31. The SMILES string of the molecule is CCc1oncc1C(=O)NC(C)(C)C(=O)O. The molecule has 0 aliphatic carbocycles. The maximum absolute atomic E-state index is 11.7. The molecule has 2 N–H and O–H groups in total. The van der Waals surface area contributed by atoms with E-state index in [0.29, 0.717) is 12.2 Å². The van der Waals surface area contributed by atoms with E-state index >= 15 is 0 Å². The molecule has 16 heavy (non-hydrogen) atoms. The number of carboxylic acid groups (broad SMARTS) is 1. The summed E-state index contributed by atoms with van der Waals surface area (Å²) in [7, 11) is 0. The molecule has 0 aliphatic rings. The second kappa shape index (κ2) is 4.34. The van der Waals surface area contributed by atoms with Gasteiger partial charge in [-0.15, -0.1) is 0 Å². The number of carbonyl (C=O) groups is 2. The topological polar surface area (TPSA) is 92.4 Å². The molecule has 0 aromatic carbocycles. The summed E-state index contributed by atoms with van der Waals surface area (Å²) in [5.41, 5.74) is -1.05. The zero-order chi connectivity index (χ0) is 12.3. The van der Waals surface area contributed by atoms with Crippen molar-refractivity contribution in [3.8, 4) is 0 Å². The Hall–Kier alpha value is -1.85. The molecular formula is C10H14N2O4. The van der Waals surface area contributed by atoms with E-state index in [1.54, 1.807) is 0 Å². The Morgan fingerprint density at radius 2 is 2.19 bits per heavy atom. The van der Waals surface area contributed by atoms with Crippen LogP contribution in [0.4, 0.5) is 0 Å². The average Bonchev–Trinajstić information content (AvgIpc) is 2.64. The monoisotopic (exact) mass is 226 g/mol. The van der Waals surface area contributed by atoms with E-state index in [4.69, 9.17) is 9.63 Å². The highest BCUT2D eigenvalue weighted by Crippen LogP contribution is 2.11. The Morgan fingerprint density at radius 1 is 1.56 bits per heavy atom. The molecular weight excluding hydrogens is 212 g/mol. The third-order valence-electron chi connectivity index (χ3n) is 2.17. The smallest absolute Gasteiger partial charge is 0.328 e. The van der Waals surface area contributed by atoms with E-state index in [1.807, 2.05) is 6.92 Å². The van der Waals surface area contributed by atoms with Gasteiger partial charge in [0.1, 0.15) is 16.9 Å². The van der Waals surface area contributed by atoms with Crippen LogP contribution in [0.25, 0.3) is 0 Å². The number of amides is 1. The van der Waals surface area contributed by atoms with E-state index in [2.05, 4.69) is 10.5 Å². The van der Waals surface area contributed by atoms with Crippen LogP contribution in [0.5, 0.6) is 0 Å². The van der Waals surface area contributed by atoms with Crippen molar-refractivity contribution in [2.75, 3.05) is 0 Å². The number of aromatic nitrogens is 1. The lowest BCUT2D eigenvalue weighted by Gasteiger charge is -2.20. The first-order valence-electron chi connectivity index (χ1n) is 4.88. The minimum Gasteiger partial charge on any atom is -0.480 e. The van der Waals surface area contributed by atoms with Gasteiger partial charge < -0.3 is 14.9 Å². The van der Waals surface area contributed by atoms with Gasteiger partial charge >= 0.3 is 5.97 Å². The Morgan fingerprint density at radius 3 is 2.69 bits per heavy atom. The van der Waals surface area contributed by atoms with E-state index in [0.717, 1.165) is 0 Å². The fraction of sp³-hybridized carbons (Fsp3) is 0.500. The number of nitrogens with zero attached hydrogens (tertiary/aromatic N) is 1. The molecule has 0 bridgehead atoms. The lowest BCUT2D eigenvalue weighted by molar-refractivity contribution is -0.143. The summed E-state index contributed by atoms with van der Waals surface area (Å²) in [5, 5.41) is 14.8. The highest BCUT2D eigenvalue weighted by Gasteiger charge is 2.30. The Labute approximate surface area is 92.6 Å². The van der Waals surface area contributed by atoms with Crippen LogP contribution >= 0.6 is 0 Å². The fourth-order valence-electron chi connectivity index (χ4n) is 1.11. The molecule has 1 aromatic heterocycles. The molecule has 0 fully saturated rings. The number of nitrogens with one attached hydrogen (secondary N) is 1. The van der Waals surface area contributed by atoms with Gasteiger partial charge in [0.05, 0.1) is 6.20 Å². The summed E-state index contributed by atoms with van der Waals surface area (Å²) in [6.07, 6.45) is 1.81. The molecule has 0 saturated carbocycles. The molecule has 6 nitrogen and oxygen atoms in total. The van der Waals surface area contributed by atoms with Gasteiger partial charge in [-0.25, -0.2) is 4.79 Å². The molecule has 1 rings (SSSR count). The van der Waals surface area contributed by atoms with E-state index in [-0.39, 0.29) is 5.56 Å². The number of carbonyl (C=O) groups excluding carboxylic acids is 1. The van der Waals surface area contributed by atoms with Gasteiger partial charge in [0.2, 0.25) is 0 Å². The minimum atomic E-state index is -1.32. The van der Waals surface area contributed by atoms with Crippen molar-refractivity contribution in [2.24, 2.45) is 0 Å². The van der Waals surface area contributed by atoms with Crippen molar-refractivity contribution in [3.63, 3.8) is 0 Å². The highest BCUT2D eigenvalue weighted by atomic mass is 16.5. The van der Waals surface area contributed by atoms with Crippen LogP contribution in [-0.2, 0) is 11.2 Å². The molecule has 0 radical (unpaired) electrons. The van der Waals surface area contributed by atoms with Crippen molar-refractivity contribution < 1.29 is 19.2 Å². The first kappa shape index (κ1) is 12.2. The molecule has 88 valence electrons. The normalized spacial score (nSPS) is 11.2. The van der Waals surface area contributed by atoms with Crippen molar-refractivity contribution in [2.45, 2.75) is 32.7 Å². The maximum Gasteiger partial charge on any atom is 0.328 e. The number of aryl methyl sites for hydroxylation is 1. The zero-order valence-corrected chi connectivity index (χ0v) is 9.40. The van der Waals surface area contributed by atoms with Crippen LogP contribution in [0, 0.1) is 0 Å². The fourth-order valence-corrected chi connectivity index (χ4v) is 1.11. The Balaban J connectivity index is 2.85. The predicted molar refractivity (Wildman–Crippen MR) is 55.1 cm³/mol.